The van der Waals surface area contributed by atoms with Crippen LogP contribution in [-0.4, -0.2) is 6.36 Å². The van der Waals surface area contributed by atoms with E-state index in [2.05, 4.69) is 15.4 Å². The van der Waals surface area contributed by atoms with Crippen molar-refractivity contribution in [2.45, 2.75) is 25.9 Å². The largest absolute Gasteiger partial charge is 0.573 e. The van der Waals surface area contributed by atoms with Gasteiger partial charge in [-0.05, 0) is 47.0 Å². The summed E-state index contributed by atoms with van der Waals surface area (Å²) in [6.07, 6.45) is -4.65. The fraction of sp³-hybridized carbons (Fsp3) is 0.286. The van der Waals surface area contributed by atoms with Gasteiger partial charge in [0.05, 0.1) is 0 Å². The van der Waals surface area contributed by atoms with Crippen LogP contribution in [0.4, 0.5) is 13.2 Å². The molecule has 1 heterocycles. The summed E-state index contributed by atoms with van der Waals surface area (Å²) in [5.74, 6) is -0.202. The molecule has 108 valence electrons. The number of nitrogens with one attached hydrogen (secondary N) is 1. The molecule has 0 saturated heterocycles. The maximum absolute atomic E-state index is 12.0. The molecule has 0 aliphatic heterocycles. The first-order valence-corrected chi connectivity index (χ1v) is 6.98. The molecule has 0 bridgehead atoms. The fourth-order valence-electron chi connectivity index (χ4n) is 1.72. The van der Waals surface area contributed by atoms with Crippen LogP contribution in [0.1, 0.15) is 24.1 Å². The zero-order chi connectivity index (χ0) is 14.6. The van der Waals surface area contributed by atoms with E-state index in [4.69, 9.17) is 0 Å². The molecule has 0 aliphatic carbocycles. The Balaban J connectivity index is 1.88. The molecule has 1 atom stereocenters. The van der Waals surface area contributed by atoms with Crippen molar-refractivity contribution in [2.24, 2.45) is 0 Å². The van der Waals surface area contributed by atoms with Crippen LogP contribution >= 0.6 is 11.3 Å². The third-order valence-electron chi connectivity index (χ3n) is 2.81. The monoisotopic (exact) mass is 301 g/mol. The molecule has 2 rings (SSSR count). The maximum atomic E-state index is 12.0. The lowest BCUT2D eigenvalue weighted by Gasteiger charge is -2.13. The van der Waals surface area contributed by atoms with Crippen molar-refractivity contribution in [2.75, 3.05) is 0 Å². The van der Waals surface area contributed by atoms with Crippen molar-refractivity contribution >= 4 is 11.3 Å². The number of hydrogen-bond donors (Lipinski definition) is 1. The van der Waals surface area contributed by atoms with E-state index in [1.165, 1.54) is 17.7 Å². The van der Waals surface area contributed by atoms with Gasteiger partial charge in [-0.15, -0.1) is 13.2 Å². The quantitative estimate of drug-likeness (QED) is 0.878. The molecule has 0 aliphatic rings. The second-order valence-corrected chi connectivity index (χ2v) is 5.13. The SMILES string of the molecule is CC(NCc1ccc(OC(F)(F)F)cc1)c1ccsc1. The molecule has 0 amide bonds. The molecule has 1 aromatic carbocycles. The van der Waals surface area contributed by atoms with Gasteiger partial charge in [0.2, 0.25) is 0 Å². The van der Waals surface area contributed by atoms with Crippen molar-refractivity contribution in [3.63, 3.8) is 0 Å². The molecule has 2 nitrogen and oxygen atoms in total. The maximum Gasteiger partial charge on any atom is 0.573 e. The van der Waals surface area contributed by atoms with E-state index in [0.29, 0.717) is 6.54 Å². The Labute approximate surface area is 119 Å². The van der Waals surface area contributed by atoms with Crippen LogP contribution < -0.4 is 10.1 Å². The summed E-state index contributed by atoms with van der Waals surface area (Å²) in [5.41, 5.74) is 2.11. The van der Waals surface area contributed by atoms with E-state index in [0.717, 1.165) is 5.56 Å². The fourth-order valence-corrected chi connectivity index (χ4v) is 2.47. The average molecular weight is 301 g/mol. The van der Waals surface area contributed by atoms with Crippen molar-refractivity contribution in [3.05, 3.63) is 52.2 Å². The Morgan fingerprint density at radius 2 is 1.90 bits per heavy atom. The number of halogens is 3. The summed E-state index contributed by atoms with van der Waals surface area (Å²) in [6, 6.07) is 8.12. The Morgan fingerprint density at radius 1 is 1.20 bits per heavy atom. The summed E-state index contributed by atoms with van der Waals surface area (Å²) in [6.45, 7) is 2.63. The molecule has 0 spiro atoms. The van der Waals surface area contributed by atoms with Gasteiger partial charge in [0.1, 0.15) is 5.75 Å². The molecular formula is C14H14F3NOS. The number of hydrogen-bond acceptors (Lipinski definition) is 3. The number of ether oxygens (including phenoxy) is 1. The van der Waals surface area contributed by atoms with Crippen LogP contribution in [-0.2, 0) is 6.54 Å². The van der Waals surface area contributed by atoms with E-state index in [1.807, 2.05) is 18.4 Å². The zero-order valence-electron chi connectivity index (χ0n) is 10.8. The van der Waals surface area contributed by atoms with Gasteiger partial charge in [-0.1, -0.05) is 12.1 Å². The van der Waals surface area contributed by atoms with Crippen molar-refractivity contribution in [3.8, 4) is 5.75 Å². The first-order valence-electron chi connectivity index (χ1n) is 6.04. The highest BCUT2D eigenvalue weighted by atomic mass is 32.1. The highest BCUT2D eigenvalue weighted by Crippen LogP contribution is 2.23. The number of rotatable bonds is 5. The standard InChI is InChI=1S/C14H14F3NOS/c1-10(12-6-7-20-9-12)18-8-11-2-4-13(5-3-11)19-14(15,16)17/h2-7,9-10,18H,8H2,1H3. The lowest BCUT2D eigenvalue weighted by molar-refractivity contribution is -0.274. The third-order valence-corrected chi connectivity index (χ3v) is 3.51. The van der Waals surface area contributed by atoms with Gasteiger partial charge < -0.3 is 10.1 Å². The Morgan fingerprint density at radius 3 is 2.45 bits per heavy atom. The molecule has 1 unspecified atom stereocenters. The first kappa shape index (κ1) is 14.9. The van der Waals surface area contributed by atoms with Gasteiger partial charge in [-0.2, -0.15) is 11.3 Å². The Kier molecular flexibility index (Phi) is 4.67. The van der Waals surface area contributed by atoms with Crippen LogP contribution in [0.2, 0.25) is 0 Å². The molecule has 1 N–H and O–H groups in total. The number of thiophene rings is 1. The van der Waals surface area contributed by atoms with Gasteiger partial charge in [0.15, 0.2) is 0 Å². The van der Waals surface area contributed by atoms with Crippen molar-refractivity contribution < 1.29 is 17.9 Å². The van der Waals surface area contributed by atoms with Crippen LogP contribution in [0, 0.1) is 0 Å². The van der Waals surface area contributed by atoms with Gasteiger partial charge in [0, 0.05) is 12.6 Å². The number of alkyl halides is 3. The normalized spacial score (nSPS) is 13.2. The average Bonchev–Trinajstić information content (AvgIpc) is 2.89. The van der Waals surface area contributed by atoms with Crippen molar-refractivity contribution in [1.82, 2.24) is 5.32 Å². The van der Waals surface area contributed by atoms with Gasteiger partial charge in [0.25, 0.3) is 0 Å². The van der Waals surface area contributed by atoms with Crippen LogP contribution in [0.3, 0.4) is 0 Å². The summed E-state index contributed by atoms with van der Waals surface area (Å²) < 4.78 is 39.9. The van der Waals surface area contributed by atoms with Crippen molar-refractivity contribution in [1.29, 1.82) is 0 Å². The second kappa shape index (κ2) is 6.28. The first-order chi connectivity index (χ1) is 9.44. The topological polar surface area (TPSA) is 21.3 Å². The number of benzene rings is 1. The molecule has 1 aromatic heterocycles. The van der Waals surface area contributed by atoms with Crippen LogP contribution in [0.5, 0.6) is 5.75 Å². The minimum atomic E-state index is -4.65. The van der Waals surface area contributed by atoms with Crippen LogP contribution in [0.15, 0.2) is 41.1 Å². The summed E-state index contributed by atoms with van der Waals surface area (Å²) >= 11 is 1.63. The van der Waals surface area contributed by atoms with Crippen LogP contribution in [0.25, 0.3) is 0 Å². The Bertz CT molecular complexity index is 522. The summed E-state index contributed by atoms with van der Waals surface area (Å²) in [5, 5.41) is 7.39. The predicted octanol–water partition coefficient (Wildman–Crippen LogP) is 4.50. The third kappa shape index (κ3) is 4.54. The molecule has 2 aromatic rings. The highest BCUT2D eigenvalue weighted by Gasteiger charge is 2.30. The van der Waals surface area contributed by atoms with Gasteiger partial charge in [-0.25, -0.2) is 0 Å². The molecule has 0 radical (unpaired) electrons. The molecule has 0 fully saturated rings. The molecule has 0 saturated carbocycles. The minimum Gasteiger partial charge on any atom is -0.406 e. The lowest BCUT2D eigenvalue weighted by Crippen LogP contribution is -2.18. The second-order valence-electron chi connectivity index (χ2n) is 4.35. The van der Waals surface area contributed by atoms with Gasteiger partial charge >= 0.3 is 6.36 Å². The zero-order valence-corrected chi connectivity index (χ0v) is 11.6. The van der Waals surface area contributed by atoms with E-state index in [9.17, 15) is 13.2 Å². The highest BCUT2D eigenvalue weighted by molar-refractivity contribution is 7.07. The van der Waals surface area contributed by atoms with Gasteiger partial charge in [-0.3, -0.25) is 0 Å². The van der Waals surface area contributed by atoms with E-state index < -0.39 is 6.36 Å². The molecular weight excluding hydrogens is 287 g/mol. The summed E-state index contributed by atoms with van der Waals surface area (Å²) in [7, 11) is 0. The summed E-state index contributed by atoms with van der Waals surface area (Å²) in [4.78, 5) is 0. The minimum absolute atomic E-state index is 0.201. The van der Waals surface area contributed by atoms with E-state index in [-0.39, 0.29) is 11.8 Å². The predicted molar refractivity (Wildman–Crippen MR) is 72.7 cm³/mol. The Hall–Kier alpha value is -1.53. The lowest BCUT2D eigenvalue weighted by atomic mass is 10.1. The molecule has 6 heteroatoms. The molecule has 20 heavy (non-hydrogen) atoms. The smallest absolute Gasteiger partial charge is 0.406 e. The van der Waals surface area contributed by atoms with E-state index >= 15 is 0 Å². The van der Waals surface area contributed by atoms with E-state index in [1.54, 1.807) is 23.5 Å².